The first-order valence-corrected chi connectivity index (χ1v) is 7.89. The number of Topliss-reactive ketones (excluding diaryl/α,β-unsaturated/α-hetero) is 1. The highest BCUT2D eigenvalue weighted by molar-refractivity contribution is 7.91. The zero-order valence-electron chi connectivity index (χ0n) is 10.7. The van der Waals surface area contributed by atoms with Crippen molar-refractivity contribution in [1.29, 1.82) is 0 Å². The lowest BCUT2D eigenvalue weighted by atomic mass is 10.1. The Labute approximate surface area is 112 Å². The second-order valence-electron chi connectivity index (χ2n) is 4.90. The Kier molecular flexibility index (Phi) is 4.01. The Morgan fingerprint density at radius 3 is 2.53 bits per heavy atom. The van der Waals surface area contributed by atoms with Crippen LogP contribution >= 0.6 is 0 Å². The zero-order valence-corrected chi connectivity index (χ0v) is 11.5. The van der Waals surface area contributed by atoms with Crippen LogP contribution in [0.1, 0.15) is 16.8 Å². The van der Waals surface area contributed by atoms with E-state index >= 15 is 0 Å². The van der Waals surface area contributed by atoms with Gasteiger partial charge in [0.15, 0.2) is 15.6 Å². The molecule has 0 N–H and O–H groups in total. The van der Waals surface area contributed by atoms with Crippen LogP contribution in [0.2, 0.25) is 0 Å². The van der Waals surface area contributed by atoms with Crippen molar-refractivity contribution < 1.29 is 17.6 Å². The zero-order chi connectivity index (χ0) is 14.0. The molecule has 1 fully saturated rings. The average Bonchev–Trinajstić information content (AvgIpc) is 2.70. The Hall–Kier alpha value is -1.27. The van der Waals surface area contributed by atoms with Gasteiger partial charge in [-0.1, -0.05) is 0 Å². The summed E-state index contributed by atoms with van der Waals surface area (Å²) in [7, 11) is -1.21. The number of carbonyl (C=O) groups is 1. The molecule has 1 unspecified atom stereocenters. The van der Waals surface area contributed by atoms with Gasteiger partial charge in [-0.05, 0) is 37.7 Å². The van der Waals surface area contributed by atoms with Crippen LogP contribution in [0.25, 0.3) is 0 Å². The van der Waals surface area contributed by atoms with Crippen molar-refractivity contribution in [3.63, 3.8) is 0 Å². The second-order valence-corrected chi connectivity index (χ2v) is 7.13. The molecule has 4 nitrogen and oxygen atoms in total. The van der Waals surface area contributed by atoms with Crippen molar-refractivity contribution >= 4 is 15.6 Å². The van der Waals surface area contributed by atoms with Gasteiger partial charge in [0.2, 0.25) is 0 Å². The molecule has 1 aliphatic heterocycles. The van der Waals surface area contributed by atoms with E-state index in [9.17, 15) is 17.6 Å². The number of likely N-dealkylation sites (N-methyl/N-ethyl adjacent to an activating group) is 1. The fraction of sp³-hybridized carbons (Fsp3) is 0.462. The maximum Gasteiger partial charge on any atom is 0.176 e. The maximum atomic E-state index is 12.8. The molecular formula is C13H16FNO3S. The van der Waals surface area contributed by atoms with Crippen LogP contribution in [0, 0.1) is 5.82 Å². The molecule has 0 radical (unpaired) electrons. The van der Waals surface area contributed by atoms with Crippen LogP contribution in [0.15, 0.2) is 24.3 Å². The summed E-state index contributed by atoms with van der Waals surface area (Å²) in [6.45, 7) is 0.145. The second kappa shape index (κ2) is 5.38. The van der Waals surface area contributed by atoms with Gasteiger partial charge in [-0.3, -0.25) is 9.69 Å². The first kappa shape index (κ1) is 14.1. The van der Waals surface area contributed by atoms with Crippen molar-refractivity contribution in [3.05, 3.63) is 35.6 Å². The number of benzene rings is 1. The number of halogens is 1. The van der Waals surface area contributed by atoms with Gasteiger partial charge in [0.25, 0.3) is 0 Å². The highest BCUT2D eigenvalue weighted by atomic mass is 32.2. The monoisotopic (exact) mass is 285 g/mol. The molecule has 1 aromatic carbocycles. The van der Waals surface area contributed by atoms with Gasteiger partial charge in [-0.15, -0.1) is 0 Å². The molecule has 1 heterocycles. The predicted molar refractivity (Wildman–Crippen MR) is 70.4 cm³/mol. The van der Waals surface area contributed by atoms with E-state index in [1.807, 2.05) is 0 Å². The molecule has 1 aromatic rings. The van der Waals surface area contributed by atoms with Gasteiger partial charge in [-0.25, -0.2) is 12.8 Å². The van der Waals surface area contributed by atoms with Crippen LogP contribution in [0.5, 0.6) is 0 Å². The molecule has 2 rings (SSSR count). The summed E-state index contributed by atoms with van der Waals surface area (Å²) in [6, 6.07) is 5.27. The molecule has 6 heteroatoms. The fourth-order valence-corrected chi connectivity index (χ4v) is 4.01. The van der Waals surface area contributed by atoms with Crippen molar-refractivity contribution in [2.45, 2.75) is 12.5 Å². The summed E-state index contributed by atoms with van der Waals surface area (Å²) in [4.78, 5) is 13.7. The van der Waals surface area contributed by atoms with Gasteiger partial charge >= 0.3 is 0 Å². The molecule has 1 atom stereocenters. The summed E-state index contributed by atoms with van der Waals surface area (Å²) in [5, 5.41) is 0. The molecule has 1 aliphatic rings. The van der Waals surface area contributed by atoms with E-state index in [1.165, 1.54) is 24.3 Å². The summed E-state index contributed by atoms with van der Waals surface area (Å²) in [5.41, 5.74) is 0.439. The van der Waals surface area contributed by atoms with Crippen molar-refractivity contribution in [2.24, 2.45) is 0 Å². The fourth-order valence-electron chi connectivity index (χ4n) is 2.21. The maximum absolute atomic E-state index is 12.8. The largest absolute Gasteiger partial charge is 0.295 e. The van der Waals surface area contributed by atoms with E-state index in [4.69, 9.17) is 0 Å². The Bertz CT molecular complexity index is 568. The third-order valence-electron chi connectivity index (χ3n) is 3.39. The summed E-state index contributed by atoms with van der Waals surface area (Å²) in [6.07, 6.45) is 0.565. The minimum Gasteiger partial charge on any atom is -0.295 e. The third kappa shape index (κ3) is 3.61. The quantitative estimate of drug-likeness (QED) is 0.778. The molecule has 19 heavy (non-hydrogen) atoms. The number of hydrogen-bond acceptors (Lipinski definition) is 4. The highest BCUT2D eigenvalue weighted by Crippen LogP contribution is 2.17. The van der Waals surface area contributed by atoms with Gasteiger partial charge in [-0.2, -0.15) is 0 Å². The van der Waals surface area contributed by atoms with Crippen molar-refractivity contribution in [2.75, 3.05) is 25.1 Å². The predicted octanol–water partition coefficient (Wildman–Crippen LogP) is 1.13. The normalized spacial score (nSPS) is 21.7. The minimum atomic E-state index is -2.95. The topological polar surface area (TPSA) is 54.5 Å². The molecule has 0 amide bonds. The number of carbonyl (C=O) groups excluding carboxylic acids is 1. The van der Waals surface area contributed by atoms with Gasteiger partial charge in [0.05, 0.1) is 18.1 Å². The summed E-state index contributed by atoms with van der Waals surface area (Å²) in [5.74, 6) is -0.217. The molecule has 0 bridgehead atoms. The first-order chi connectivity index (χ1) is 8.87. The van der Waals surface area contributed by atoms with E-state index in [2.05, 4.69) is 0 Å². The lowest BCUT2D eigenvalue weighted by Gasteiger charge is -2.22. The summed E-state index contributed by atoms with van der Waals surface area (Å²) >= 11 is 0. The van der Waals surface area contributed by atoms with Crippen molar-refractivity contribution in [1.82, 2.24) is 4.90 Å². The SMILES string of the molecule is CN(CC(=O)c1ccc(F)cc1)C1CCS(=O)(=O)C1. The molecule has 0 spiro atoms. The number of sulfone groups is 1. The summed E-state index contributed by atoms with van der Waals surface area (Å²) < 4.78 is 35.5. The number of ketones is 1. The van der Waals surface area contributed by atoms with E-state index in [0.29, 0.717) is 12.0 Å². The first-order valence-electron chi connectivity index (χ1n) is 6.07. The lowest BCUT2D eigenvalue weighted by Crippen LogP contribution is -2.36. The standard InChI is InChI=1S/C13H16FNO3S/c1-15(12-6-7-19(17,18)9-12)8-13(16)10-2-4-11(14)5-3-10/h2-5,12H,6-9H2,1H3. The van der Waals surface area contributed by atoms with Crippen molar-refractivity contribution in [3.8, 4) is 0 Å². The van der Waals surface area contributed by atoms with E-state index in [-0.39, 0.29) is 35.7 Å². The molecule has 104 valence electrons. The number of rotatable bonds is 4. The smallest absolute Gasteiger partial charge is 0.176 e. The molecule has 0 saturated carbocycles. The molecule has 0 aromatic heterocycles. The Morgan fingerprint density at radius 1 is 1.37 bits per heavy atom. The van der Waals surface area contributed by atoms with Gasteiger partial charge in [0.1, 0.15) is 5.82 Å². The van der Waals surface area contributed by atoms with E-state index < -0.39 is 9.84 Å². The van der Waals surface area contributed by atoms with Crippen LogP contribution in [0.3, 0.4) is 0 Å². The minimum absolute atomic E-state index is 0.102. The Morgan fingerprint density at radius 2 is 2.00 bits per heavy atom. The van der Waals surface area contributed by atoms with Crippen LogP contribution < -0.4 is 0 Å². The average molecular weight is 285 g/mol. The molecule has 1 saturated heterocycles. The number of nitrogens with zero attached hydrogens (tertiary/aromatic N) is 1. The molecule has 0 aliphatic carbocycles. The van der Waals surface area contributed by atoms with E-state index in [0.717, 1.165) is 0 Å². The third-order valence-corrected chi connectivity index (χ3v) is 5.14. The van der Waals surface area contributed by atoms with Gasteiger partial charge in [0, 0.05) is 11.6 Å². The molecular weight excluding hydrogens is 269 g/mol. The lowest BCUT2D eigenvalue weighted by molar-refractivity contribution is 0.0926. The van der Waals surface area contributed by atoms with Crippen LogP contribution in [0.4, 0.5) is 4.39 Å². The van der Waals surface area contributed by atoms with Crippen LogP contribution in [-0.4, -0.2) is 50.2 Å². The number of hydrogen-bond donors (Lipinski definition) is 0. The Balaban J connectivity index is 1.97. The van der Waals surface area contributed by atoms with E-state index in [1.54, 1.807) is 11.9 Å². The van der Waals surface area contributed by atoms with Crippen LogP contribution in [-0.2, 0) is 9.84 Å². The highest BCUT2D eigenvalue weighted by Gasteiger charge is 2.31. The van der Waals surface area contributed by atoms with Gasteiger partial charge < -0.3 is 0 Å².